The molecule has 0 saturated carbocycles. The Balaban J connectivity index is 3.76. The van der Waals surface area contributed by atoms with E-state index in [1.54, 1.807) is 22.9 Å². The number of halogens is 5. The number of ether oxygens (including phenoxy) is 2. The van der Waals surface area contributed by atoms with Crippen LogP contribution in [-0.2, 0) is 9.47 Å². The molecule has 2 nitrogen and oxygen atoms in total. The van der Waals surface area contributed by atoms with E-state index in [1.807, 2.05) is 6.92 Å². The number of rotatable bonds is 9. The van der Waals surface area contributed by atoms with E-state index in [1.165, 1.54) is 0 Å². The summed E-state index contributed by atoms with van der Waals surface area (Å²) in [5.74, 6) is -4.13. The first-order valence-electron chi connectivity index (χ1n) is 5.38. The fourth-order valence-electron chi connectivity index (χ4n) is 0.937. The van der Waals surface area contributed by atoms with Crippen LogP contribution in [0.2, 0.25) is 0 Å². The molecule has 0 aliphatic carbocycles. The van der Waals surface area contributed by atoms with Crippen molar-refractivity contribution in [3.63, 3.8) is 0 Å². The number of alkyl halides is 5. The largest absolute Gasteiger partial charge is 0.363 e. The molecule has 17 heavy (non-hydrogen) atoms. The summed E-state index contributed by atoms with van der Waals surface area (Å²) < 4.78 is 60.2. The molecule has 0 aromatic carbocycles. The summed E-state index contributed by atoms with van der Waals surface area (Å²) in [5.41, 5.74) is 0. The zero-order valence-corrected chi connectivity index (χ0v) is 11.4. The number of hydrogen-bond acceptors (Lipinski definition) is 2. The molecule has 0 bridgehead atoms. The monoisotopic (exact) mass is 324 g/mol. The molecule has 0 N–H and O–H groups in total. The van der Waals surface area contributed by atoms with Crippen molar-refractivity contribution in [2.45, 2.75) is 50.2 Å². The van der Waals surface area contributed by atoms with E-state index in [0.717, 1.165) is 12.8 Å². The topological polar surface area (TPSA) is 18.5 Å². The van der Waals surface area contributed by atoms with E-state index in [-0.39, 0.29) is 0 Å². The number of unbranched alkanes of at least 4 members (excludes halogenated alkanes) is 1. The molecule has 0 radical (unpaired) electrons. The highest BCUT2D eigenvalue weighted by molar-refractivity contribution is 9.10. The van der Waals surface area contributed by atoms with Gasteiger partial charge in [0.25, 0.3) is 0 Å². The Morgan fingerprint density at radius 3 is 2.12 bits per heavy atom. The normalized spacial score (nSPS) is 15.0. The van der Waals surface area contributed by atoms with E-state index in [4.69, 9.17) is 9.47 Å². The highest BCUT2D eigenvalue weighted by atomic mass is 79.9. The van der Waals surface area contributed by atoms with Gasteiger partial charge in [-0.3, -0.25) is 0 Å². The molecule has 0 spiro atoms. The minimum atomic E-state index is -4.21. The predicted octanol–water partition coefficient (Wildman–Crippen LogP) is 4.18. The highest BCUT2D eigenvalue weighted by Crippen LogP contribution is 2.41. The van der Waals surface area contributed by atoms with Crippen molar-refractivity contribution in [1.82, 2.24) is 0 Å². The van der Waals surface area contributed by atoms with Gasteiger partial charge in [-0.05, 0) is 29.3 Å². The van der Waals surface area contributed by atoms with Crippen LogP contribution in [0.15, 0.2) is 0 Å². The second-order valence-electron chi connectivity index (χ2n) is 3.61. The van der Waals surface area contributed by atoms with Gasteiger partial charge in [0.05, 0.1) is 6.61 Å². The van der Waals surface area contributed by atoms with E-state index >= 15 is 0 Å². The van der Waals surface area contributed by atoms with Gasteiger partial charge in [-0.25, -0.2) is 0 Å². The van der Waals surface area contributed by atoms with Crippen molar-refractivity contribution < 1.29 is 27.0 Å². The van der Waals surface area contributed by atoms with Crippen LogP contribution in [0.3, 0.4) is 0 Å². The van der Waals surface area contributed by atoms with Crippen LogP contribution in [0.4, 0.5) is 17.6 Å². The summed E-state index contributed by atoms with van der Waals surface area (Å²) in [4.78, 5) is -4.21. The minimum Gasteiger partial charge on any atom is -0.353 e. The molecule has 7 heteroatoms. The van der Waals surface area contributed by atoms with Crippen LogP contribution in [0.25, 0.3) is 0 Å². The zero-order valence-electron chi connectivity index (χ0n) is 9.82. The molecule has 0 unspecified atom stereocenters. The molecule has 0 aromatic heterocycles. The van der Waals surface area contributed by atoms with Gasteiger partial charge in [0.2, 0.25) is 0 Å². The SMILES string of the molecule is CCCCO[C@@H](C)OCCC(F)(F)C(F)(F)Br. The van der Waals surface area contributed by atoms with Crippen LogP contribution in [0.1, 0.15) is 33.1 Å². The first-order chi connectivity index (χ1) is 7.70. The van der Waals surface area contributed by atoms with Gasteiger partial charge in [0.15, 0.2) is 6.29 Å². The first kappa shape index (κ1) is 17.1. The summed E-state index contributed by atoms with van der Waals surface area (Å²) in [7, 11) is 0. The van der Waals surface area contributed by atoms with Gasteiger partial charge >= 0.3 is 10.8 Å². The van der Waals surface area contributed by atoms with Crippen LogP contribution in [0, 0.1) is 0 Å². The third kappa shape index (κ3) is 7.21. The fraction of sp³-hybridized carbons (Fsp3) is 1.00. The Hall–Kier alpha value is 0.120. The Morgan fingerprint density at radius 2 is 1.65 bits per heavy atom. The Bertz CT molecular complexity index is 209. The highest BCUT2D eigenvalue weighted by Gasteiger charge is 2.53. The van der Waals surface area contributed by atoms with Gasteiger partial charge in [-0.1, -0.05) is 13.3 Å². The number of hydrogen-bond donors (Lipinski definition) is 0. The van der Waals surface area contributed by atoms with E-state index < -0.39 is 30.1 Å². The second-order valence-corrected chi connectivity index (χ2v) is 4.61. The average Bonchev–Trinajstić information content (AvgIpc) is 2.16. The molecule has 0 rings (SSSR count). The summed E-state index contributed by atoms with van der Waals surface area (Å²) in [6, 6.07) is 0. The minimum absolute atomic E-state index is 0.461. The Kier molecular flexibility index (Phi) is 7.58. The average molecular weight is 325 g/mol. The molecule has 104 valence electrons. The molecule has 0 fully saturated rings. The molecule has 0 aromatic rings. The van der Waals surface area contributed by atoms with Crippen molar-refractivity contribution in [3.05, 3.63) is 0 Å². The summed E-state index contributed by atoms with van der Waals surface area (Å²) in [5, 5.41) is 0. The summed E-state index contributed by atoms with van der Waals surface area (Å²) in [6.45, 7) is 3.50. The maximum absolute atomic E-state index is 12.8. The molecule has 0 aliphatic heterocycles. The molecular weight excluding hydrogens is 308 g/mol. The lowest BCUT2D eigenvalue weighted by atomic mass is 10.2. The molecule has 0 amide bonds. The molecule has 0 heterocycles. The van der Waals surface area contributed by atoms with Crippen LogP contribution in [-0.4, -0.2) is 30.3 Å². The summed E-state index contributed by atoms with van der Waals surface area (Å²) in [6.07, 6.45) is 0.0534. The zero-order chi connectivity index (χ0) is 13.5. The van der Waals surface area contributed by atoms with Crippen molar-refractivity contribution in [1.29, 1.82) is 0 Å². The maximum Gasteiger partial charge on any atom is 0.363 e. The Labute approximate surface area is 107 Å². The fourth-order valence-corrected chi connectivity index (χ4v) is 1.13. The predicted molar refractivity (Wildman–Crippen MR) is 59.7 cm³/mol. The second kappa shape index (κ2) is 7.53. The van der Waals surface area contributed by atoms with Crippen molar-refractivity contribution in [2.75, 3.05) is 13.2 Å². The van der Waals surface area contributed by atoms with Gasteiger partial charge in [0, 0.05) is 13.0 Å². The lowest BCUT2D eigenvalue weighted by molar-refractivity contribution is -0.181. The molecule has 0 aliphatic rings. The Morgan fingerprint density at radius 1 is 1.12 bits per heavy atom. The lowest BCUT2D eigenvalue weighted by Gasteiger charge is -2.22. The van der Waals surface area contributed by atoms with Gasteiger partial charge < -0.3 is 9.47 Å². The van der Waals surface area contributed by atoms with Crippen LogP contribution < -0.4 is 0 Å². The van der Waals surface area contributed by atoms with Gasteiger partial charge in [-0.15, -0.1) is 0 Å². The molecule has 1 atom stereocenters. The summed E-state index contributed by atoms with van der Waals surface area (Å²) >= 11 is 1.65. The van der Waals surface area contributed by atoms with Gasteiger partial charge in [-0.2, -0.15) is 17.6 Å². The third-order valence-corrected chi connectivity index (χ3v) is 2.61. The van der Waals surface area contributed by atoms with Crippen molar-refractivity contribution in [2.24, 2.45) is 0 Å². The quantitative estimate of drug-likeness (QED) is 0.274. The van der Waals surface area contributed by atoms with Crippen molar-refractivity contribution >= 4 is 15.9 Å². The van der Waals surface area contributed by atoms with E-state index in [9.17, 15) is 17.6 Å². The maximum atomic E-state index is 12.8. The van der Waals surface area contributed by atoms with Crippen LogP contribution in [0.5, 0.6) is 0 Å². The van der Waals surface area contributed by atoms with E-state index in [2.05, 4.69) is 0 Å². The smallest absolute Gasteiger partial charge is 0.353 e. The van der Waals surface area contributed by atoms with Crippen molar-refractivity contribution in [3.8, 4) is 0 Å². The molecule has 0 saturated heterocycles. The molecular formula is C10H17BrF4O2. The lowest BCUT2D eigenvalue weighted by Crippen LogP contribution is -2.36. The van der Waals surface area contributed by atoms with E-state index in [0.29, 0.717) is 6.61 Å². The third-order valence-electron chi connectivity index (χ3n) is 2.03. The van der Waals surface area contributed by atoms with Gasteiger partial charge in [0.1, 0.15) is 0 Å². The van der Waals surface area contributed by atoms with Crippen LogP contribution >= 0.6 is 15.9 Å². The standard InChI is InChI=1S/C10H17BrF4O2/c1-3-4-6-16-8(2)17-7-5-9(12,13)10(11,14)15/h8H,3-7H2,1-2H3/t8-/m1/s1. The first-order valence-corrected chi connectivity index (χ1v) is 6.17.